The van der Waals surface area contributed by atoms with Gasteiger partial charge in [0.25, 0.3) is 0 Å². The molecule has 5 nitrogen and oxygen atoms in total. The van der Waals surface area contributed by atoms with Gasteiger partial charge in [0.2, 0.25) is 10.0 Å². The average molecular weight is 290 g/mol. The van der Waals surface area contributed by atoms with Crippen molar-refractivity contribution in [2.24, 2.45) is 5.73 Å². The van der Waals surface area contributed by atoms with E-state index < -0.39 is 15.3 Å². The molecule has 0 aliphatic rings. The number of thiocarbonyl (C=S) groups is 1. The molecule has 7 heteroatoms. The molecule has 0 radical (unpaired) electrons. The van der Waals surface area contributed by atoms with Gasteiger partial charge in [-0.2, -0.15) is 4.31 Å². The first-order valence-corrected chi connectivity index (χ1v) is 7.50. The van der Waals surface area contributed by atoms with Gasteiger partial charge in [-0.1, -0.05) is 19.1 Å². The van der Waals surface area contributed by atoms with Crippen molar-refractivity contribution in [1.29, 1.82) is 0 Å². The van der Waals surface area contributed by atoms with E-state index in [1.807, 2.05) is 6.92 Å². The van der Waals surface area contributed by atoms with Crippen LogP contribution in [0.4, 0.5) is 0 Å². The molecule has 1 aromatic heterocycles. The van der Waals surface area contributed by atoms with Crippen LogP contribution in [0, 0.1) is 6.92 Å². The molecule has 0 saturated heterocycles. The maximum absolute atomic E-state index is 12.2. The van der Waals surface area contributed by atoms with Crippen LogP contribution in [0.1, 0.15) is 24.9 Å². The molecule has 102 valence electrons. The second kappa shape index (κ2) is 5.81. The van der Waals surface area contributed by atoms with Gasteiger partial charge in [0.05, 0.1) is 11.5 Å². The summed E-state index contributed by atoms with van der Waals surface area (Å²) >= 11 is 4.80. The summed E-state index contributed by atoms with van der Waals surface area (Å²) in [4.78, 5) is -0.0000227. The zero-order valence-corrected chi connectivity index (χ0v) is 12.3. The van der Waals surface area contributed by atoms with Gasteiger partial charge in [-0.3, -0.25) is 0 Å². The molecular formula is C11H18N2O3S2. The summed E-state index contributed by atoms with van der Waals surface area (Å²) in [5.74, 6) is 1.34. The first-order chi connectivity index (χ1) is 8.28. The van der Waals surface area contributed by atoms with Crippen molar-refractivity contribution in [2.75, 3.05) is 7.05 Å². The fourth-order valence-corrected chi connectivity index (χ4v) is 3.64. The molecule has 0 bridgehead atoms. The van der Waals surface area contributed by atoms with Crippen LogP contribution in [-0.4, -0.2) is 30.0 Å². The molecular weight excluding hydrogens is 272 g/mol. The molecule has 0 aliphatic heterocycles. The van der Waals surface area contributed by atoms with Crippen LogP contribution in [-0.2, 0) is 16.6 Å². The number of hydrogen-bond acceptors (Lipinski definition) is 4. The SMILES string of the molecule is CCC(C(N)=S)S(=O)(=O)N(C)Cc1ccc(C)o1. The highest BCUT2D eigenvalue weighted by atomic mass is 32.2. The molecule has 0 aliphatic carbocycles. The van der Waals surface area contributed by atoms with Crippen LogP contribution in [0.3, 0.4) is 0 Å². The molecule has 2 N–H and O–H groups in total. The lowest BCUT2D eigenvalue weighted by Crippen LogP contribution is -2.42. The van der Waals surface area contributed by atoms with E-state index in [4.69, 9.17) is 22.4 Å². The summed E-state index contributed by atoms with van der Waals surface area (Å²) in [6.45, 7) is 3.73. The molecule has 1 heterocycles. The van der Waals surface area contributed by atoms with Gasteiger partial charge in [0.1, 0.15) is 16.8 Å². The Morgan fingerprint density at radius 3 is 2.56 bits per heavy atom. The van der Waals surface area contributed by atoms with Gasteiger partial charge in [0.15, 0.2) is 0 Å². The number of furan rings is 1. The topological polar surface area (TPSA) is 76.5 Å². The highest BCUT2D eigenvalue weighted by Gasteiger charge is 2.31. The fourth-order valence-electron chi connectivity index (χ4n) is 1.66. The lowest BCUT2D eigenvalue weighted by atomic mass is 10.3. The zero-order valence-electron chi connectivity index (χ0n) is 10.7. The Hall–Kier alpha value is -0.920. The van der Waals surface area contributed by atoms with Crippen molar-refractivity contribution in [1.82, 2.24) is 4.31 Å². The molecule has 1 rings (SSSR count). The average Bonchev–Trinajstić information content (AvgIpc) is 2.63. The summed E-state index contributed by atoms with van der Waals surface area (Å²) < 4.78 is 31.0. The van der Waals surface area contributed by atoms with Crippen molar-refractivity contribution in [2.45, 2.75) is 32.1 Å². The van der Waals surface area contributed by atoms with Crippen molar-refractivity contribution in [3.8, 4) is 0 Å². The van der Waals surface area contributed by atoms with Gasteiger partial charge >= 0.3 is 0 Å². The van der Waals surface area contributed by atoms with Crippen LogP contribution in [0.15, 0.2) is 16.5 Å². The van der Waals surface area contributed by atoms with Gasteiger partial charge < -0.3 is 10.2 Å². The van der Waals surface area contributed by atoms with Crippen LogP contribution < -0.4 is 5.73 Å². The lowest BCUT2D eigenvalue weighted by Gasteiger charge is -2.22. The van der Waals surface area contributed by atoms with E-state index in [0.717, 1.165) is 5.76 Å². The van der Waals surface area contributed by atoms with Crippen molar-refractivity contribution < 1.29 is 12.8 Å². The van der Waals surface area contributed by atoms with E-state index in [1.54, 1.807) is 19.1 Å². The first kappa shape index (κ1) is 15.1. The van der Waals surface area contributed by atoms with E-state index in [0.29, 0.717) is 12.2 Å². The van der Waals surface area contributed by atoms with Crippen LogP contribution in [0.2, 0.25) is 0 Å². The predicted molar refractivity (Wildman–Crippen MR) is 74.7 cm³/mol. The van der Waals surface area contributed by atoms with Crippen LogP contribution in [0.25, 0.3) is 0 Å². The quantitative estimate of drug-likeness (QED) is 0.802. The summed E-state index contributed by atoms with van der Waals surface area (Å²) in [5.41, 5.74) is 5.47. The normalized spacial score (nSPS) is 13.8. The third-order valence-corrected chi connectivity index (χ3v) is 5.39. The van der Waals surface area contributed by atoms with Gasteiger partial charge in [-0.15, -0.1) is 0 Å². The third kappa shape index (κ3) is 3.30. The van der Waals surface area contributed by atoms with Crippen LogP contribution in [0.5, 0.6) is 0 Å². The van der Waals surface area contributed by atoms with E-state index in [9.17, 15) is 8.42 Å². The number of nitrogens with zero attached hydrogens (tertiary/aromatic N) is 1. The smallest absolute Gasteiger partial charge is 0.223 e. The Kier molecular flexibility index (Phi) is 4.89. The summed E-state index contributed by atoms with van der Waals surface area (Å²) in [6.07, 6.45) is 0.360. The third-order valence-electron chi connectivity index (χ3n) is 2.66. The first-order valence-electron chi connectivity index (χ1n) is 5.58. The number of sulfonamides is 1. The minimum Gasteiger partial charge on any atom is -0.465 e. The van der Waals surface area contributed by atoms with E-state index >= 15 is 0 Å². The lowest BCUT2D eigenvalue weighted by molar-refractivity contribution is 0.395. The Balaban J connectivity index is 2.88. The second-order valence-corrected chi connectivity index (χ2v) is 6.81. The summed E-state index contributed by atoms with van der Waals surface area (Å²) in [6, 6.07) is 3.55. The van der Waals surface area contributed by atoms with Gasteiger partial charge in [0, 0.05) is 7.05 Å². The maximum Gasteiger partial charge on any atom is 0.223 e. The number of nitrogens with two attached hydrogens (primary N) is 1. The minimum absolute atomic E-state index is 0.0000227. The van der Waals surface area contributed by atoms with Crippen molar-refractivity contribution in [3.63, 3.8) is 0 Å². The number of rotatable bonds is 6. The molecule has 0 aromatic carbocycles. The number of aryl methyl sites for hydroxylation is 1. The molecule has 0 fully saturated rings. The van der Waals surface area contributed by atoms with Gasteiger partial charge in [-0.05, 0) is 25.5 Å². The fraction of sp³-hybridized carbons (Fsp3) is 0.545. The van der Waals surface area contributed by atoms with Crippen LogP contribution >= 0.6 is 12.2 Å². The second-order valence-electron chi connectivity index (χ2n) is 4.11. The molecule has 18 heavy (non-hydrogen) atoms. The highest BCUT2D eigenvalue weighted by Crippen LogP contribution is 2.16. The van der Waals surface area contributed by atoms with E-state index in [1.165, 1.54) is 11.4 Å². The predicted octanol–water partition coefficient (Wildman–Crippen LogP) is 1.41. The zero-order chi connectivity index (χ0) is 13.9. The maximum atomic E-state index is 12.2. The standard InChI is InChI=1S/C11H18N2O3S2/c1-4-10(11(12)17)18(14,15)13(3)7-9-6-5-8(2)16-9/h5-6,10H,4,7H2,1-3H3,(H2,12,17). The van der Waals surface area contributed by atoms with Crippen molar-refractivity contribution in [3.05, 3.63) is 23.7 Å². The number of hydrogen-bond donors (Lipinski definition) is 1. The highest BCUT2D eigenvalue weighted by molar-refractivity contribution is 7.92. The van der Waals surface area contributed by atoms with Gasteiger partial charge in [-0.25, -0.2) is 8.42 Å². The summed E-state index contributed by atoms with van der Waals surface area (Å²) in [5, 5.41) is -0.825. The van der Waals surface area contributed by atoms with Crippen molar-refractivity contribution >= 4 is 27.2 Å². The monoisotopic (exact) mass is 290 g/mol. The Bertz CT molecular complexity index is 522. The molecule has 1 atom stereocenters. The molecule has 0 spiro atoms. The molecule has 1 aromatic rings. The van der Waals surface area contributed by atoms with E-state index in [2.05, 4.69) is 0 Å². The largest absolute Gasteiger partial charge is 0.465 e. The molecule has 1 unspecified atom stereocenters. The Morgan fingerprint density at radius 2 is 2.17 bits per heavy atom. The molecule has 0 amide bonds. The Labute approximate surface area is 113 Å². The minimum atomic E-state index is -3.53. The van der Waals surface area contributed by atoms with E-state index in [-0.39, 0.29) is 11.5 Å². The Morgan fingerprint density at radius 1 is 1.56 bits per heavy atom. The molecule has 0 saturated carbocycles. The summed E-state index contributed by atoms with van der Waals surface area (Å²) in [7, 11) is -2.04.